The lowest BCUT2D eigenvalue weighted by atomic mass is 9.47. The third-order valence-corrected chi connectivity index (χ3v) is 13.4. The van der Waals surface area contributed by atoms with Crippen molar-refractivity contribution in [1.29, 1.82) is 0 Å². The average Bonchev–Trinajstić information content (AvgIpc) is 3.29. The van der Waals surface area contributed by atoms with Crippen molar-refractivity contribution in [3.05, 3.63) is 23.8 Å². The zero-order chi connectivity index (χ0) is 32.5. The summed E-state index contributed by atoms with van der Waals surface area (Å²) in [5.41, 5.74) is 2.04. The molecule has 0 amide bonds. The Morgan fingerprint density at radius 3 is 2.45 bits per heavy atom. The number of ether oxygens (including phenoxy) is 1. The highest BCUT2D eigenvalue weighted by Crippen LogP contribution is 2.67. The van der Waals surface area contributed by atoms with Crippen LogP contribution in [0.5, 0.6) is 0 Å². The molecule has 3 saturated carbocycles. The second kappa shape index (κ2) is 14.0. The van der Waals surface area contributed by atoms with Crippen molar-refractivity contribution in [3.63, 3.8) is 0 Å². The SMILES string of the molecule is CC[C@H](/C=C/[C@@H](C)[C@H]1CC[C@H]2[C@@H]3CC=C4CC(OC(=O)COP(=O)(O)OCC[N+](C)(C)C)CC[C@]4(C)[C@H]3CC[C@]12C)C(C)C. The minimum atomic E-state index is -4.30. The van der Waals surface area contributed by atoms with Crippen molar-refractivity contribution in [3.8, 4) is 0 Å². The number of carbonyl (C=O) groups excluding carboxylic acids is 1. The second-order valence-corrected chi connectivity index (χ2v) is 17.9. The van der Waals surface area contributed by atoms with Crippen LogP contribution in [-0.4, -0.2) is 62.4 Å². The van der Waals surface area contributed by atoms with Crippen LogP contribution in [0.15, 0.2) is 23.8 Å². The minimum Gasteiger partial charge on any atom is -0.460 e. The fourth-order valence-electron chi connectivity index (χ4n) is 9.74. The first kappa shape index (κ1) is 35.9. The Bertz CT molecular complexity index is 1110. The lowest BCUT2D eigenvalue weighted by molar-refractivity contribution is -0.870. The molecule has 0 radical (unpaired) electrons. The molecule has 1 N–H and O–H groups in total. The number of phosphoric ester groups is 1. The predicted octanol–water partition coefficient (Wildman–Crippen LogP) is 8.19. The summed E-state index contributed by atoms with van der Waals surface area (Å²) in [5.74, 6) is 4.38. The Balaban J connectivity index is 1.33. The smallest absolute Gasteiger partial charge is 0.460 e. The molecule has 0 bridgehead atoms. The van der Waals surface area contributed by atoms with Gasteiger partial charge < -0.3 is 14.1 Å². The van der Waals surface area contributed by atoms with Gasteiger partial charge in [-0.2, -0.15) is 0 Å². The third-order valence-electron chi connectivity index (χ3n) is 12.4. The van der Waals surface area contributed by atoms with Crippen LogP contribution >= 0.6 is 7.82 Å². The van der Waals surface area contributed by atoms with Gasteiger partial charge in [0, 0.05) is 6.42 Å². The van der Waals surface area contributed by atoms with Gasteiger partial charge in [-0.15, -0.1) is 0 Å². The Morgan fingerprint density at radius 1 is 1.07 bits per heavy atom. The molecule has 4 rings (SSSR count). The summed E-state index contributed by atoms with van der Waals surface area (Å²) in [6, 6.07) is 0. The molecular formula is C36H63NO6P+. The van der Waals surface area contributed by atoms with Gasteiger partial charge in [0.25, 0.3) is 0 Å². The maximum atomic E-state index is 12.6. The summed E-state index contributed by atoms with van der Waals surface area (Å²) in [4.78, 5) is 22.5. The van der Waals surface area contributed by atoms with Gasteiger partial charge in [-0.1, -0.05) is 65.3 Å². The molecule has 4 aliphatic carbocycles. The molecule has 8 heteroatoms. The lowest BCUT2D eigenvalue weighted by Gasteiger charge is -2.58. The van der Waals surface area contributed by atoms with Gasteiger partial charge in [0.05, 0.1) is 21.1 Å². The fraction of sp³-hybridized carbons (Fsp3) is 0.861. The van der Waals surface area contributed by atoms with Crippen LogP contribution in [0.25, 0.3) is 0 Å². The first-order chi connectivity index (χ1) is 20.5. The van der Waals surface area contributed by atoms with Gasteiger partial charge in [-0.25, -0.2) is 9.36 Å². The third kappa shape index (κ3) is 8.11. The molecule has 3 fully saturated rings. The molecular weight excluding hydrogens is 573 g/mol. The zero-order valence-corrected chi connectivity index (χ0v) is 30.1. The normalized spacial score (nSPS) is 36.6. The molecule has 0 aromatic heterocycles. The van der Waals surface area contributed by atoms with Gasteiger partial charge in [-0.05, 0) is 104 Å². The Hall–Kier alpha value is -0.980. The molecule has 252 valence electrons. The van der Waals surface area contributed by atoms with Crippen LogP contribution in [0.1, 0.15) is 99.3 Å². The summed E-state index contributed by atoms with van der Waals surface area (Å²) in [5, 5.41) is 0. The topological polar surface area (TPSA) is 82.1 Å². The lowest BCUT2D eigenvalue weighted by Crippen LogP contribution is -2.51. The quantitative estimate of drug-likeness (QED) is 0.0950. The van der Waals surface area contributed by atoms with Gasteiger partial charge >= 0.3 is 13.8 Å². The maximum absolute atomic E-state index is 12.6. The highest BCUT2D eigenvalue weighted by molar-refractivity contribution is 7.47. The molecule has 2 unspecified atom stereocenters. The van der Waals surface area contributed by atoms with E-state index in [0.29, 0.717) is 40.1 Å². The summed E-state index contributed by atoms with van der Waals surface area (Å²) in [6.07, 6.45) is 17.6. The number of phosphoric acid groups is 1. The zero-order valence-electron chi connectivity index (χ0n) is 29.2. The van der Waals surface area contributed by atoms with Crippen molar-refractivity contribution >= 4 is 13.8 Å². The monoisotopic (exact) mass is 636 g/mol. The highest BCUT2D eigenvalue weighted by Gasteiger charge is 2.59. The van der Waals surface area contributed by atoms with Crippen molar-refractivity contribution < 1.29 is 32.5 Å². The van der Waals surface area contributed by atoms with E-state index >= 15 is 0 Å². The molecule has 0 saturated heterocycles. The summed E-state index contributed by atoms with van der Waals surface area (Å²) in [6.45, 7) is 14.6. The number of hydrogen-bond acceptors (Lipinski definition) is 5. The van der Waals surface area contributed by atoms with E-state index in [-0.39, 0.29) is 18.1 Å². The average molecular weight is 637 g/mol. The number of hydrogen-bond donors (Lipinski definition) is 1. The largest absolute Gasteiger partial charge is 0.472 e. The number of carbonyl (C=O) groups is 1. The van der Waals surface area contributed by atoms with Gasteiger partial charge in [0.15, 0.2) is 6.61 Å². The molecule has 4 aliphatic rings. The van der Waals surface area contributed by atoms with Crippen molar-refractivity contribution in [2.45, 2.75) is 105 Å². The van der Waals surface area contributed by atoms with E-state index in [1.807, 2.05) is 21.1 Å². The molecule has 0 aliphatic heterocycles. The van der Waals surface area contributed by atoms with E-state index in [1.54, 1.807) is 0 Å². The predicted molar refractivity (Wildman–Crippen MR) is 177 cm³/mol. The standard InChI is InChI=1S/C36H62NO6P/c1-10-27(25(2)3)12-11-26(4)31-15-16-32-30-14-13-28-23-29(17-19-35(28,5)33(30)18-20-36(31,32)6)43-34(38)24-42-44(39,40)41-22-21-37(7,8)9/h11-13,25-27,29-33H,10,14-24H2,1-9H3/p+1/b12-11+/t26-,27-,29?,30+,31-,32+,33+,35+,36-/m1/s1. The van der Waals surface area contributed by atoms with Crippen LogP contribution in [0.3, 0.4) is 0 Å². The molecule has 0 aromatic rings. The fourth-order valence-corrected chi connectivity index (χ4v) is 10.4. The van der Waals surface area contributed by atoms with E-state index < -0.39 is 20.4 Å². The highest BCUT2D eigenvalue weighted by atomic mass is 31.2. The first-order valence-corrected chi connectivity index (χ1v) is 19.0. The minimum absolute atomic E-state index is 0.0677. The molecule has 7 nitrogen and oxygen atoms in total. The molecule has 0 aromatic carbocycles. The van der Waals surface area contributed by atoms with Crippen molar-refractivity contribution in [1.82, 2.24) is 0 Å². The molecule has 0 heterocycles. The Labute approximate surface area is 268 Å². The molecule has 44 heavy (non-hydrogen) atoms. The van der Waals surface area contributed by atoms with Crippen molar-refractivity contribution in [2.75, 3.05) is 40.9 Å². The molecule has 10 atom stereocenters. The summed E-state index contributed by atoms with van der Waals surface area (Å²) in [7, 11) is 1.59. The number of fused-ring (bicyclic) bond motifs is 5. The van der Waals surface area contributed by atoms with Crippen LogP contribution in [-0.2, 0) is 23.1 Å². The van der Waals surface area contributed by atoms with Crippen LogP contribution < -0.4 is 0 Å². The van der Waals surface area contributed by atoms with E-state index in [9.17, 15) is 14.3 Å². The number of nitrogens with zero attached hydrogens (tertiary/aromatic N) is 1. The molecule has 0 spiro atoms. The van der Waals surface area contributed by atoms with Crippen LogP contribution in [0.2, 0.25) is 0 Å². The second-order valence-electron chi connectivity index (χ2n) is 16.5. The number of rotatable bonds is 13. The first-order valence-electron chi connectivity index (χ1n) is 17.5. The number of likely N-dealkylation sites (N-methyl/N-ethyl adjacent to an activating group) is 1. The van der Waals surface area contributed by atoms with Gasteiger partial charge in [0.1, 0.15) is 19.3 Å². The maximum Gasteiger partial charge on any atom is 0.472 e. The van der Waals surface area contributed by atoms with Crippen LogP contribution in [0.4, 0.5) is 0 Å². The van der Waals surface area contributed by atoms with Crippen molar-refractivity contribution in [2.24, 2.45) is 52.3 Å². The van der Waals surface area contributed by atoms with E-state index in [4.69, 9.17) is 13.8 Å². The van der Waals surface area contributed by atoms with E-state index in [2.05, 4.69) is 59.8 Å². The van der Waals surface area contributed by atoms with Gasteiger partial charge in [-0.3, -0.25) is 9.05 Å². The Kier molecular flexibility index (Phi) is 11.4. The number of quaternary nitrogens is 1. The summed E-state index contributed by atoms with van der Waals surface area (Å²) >= 11 is 0. The van der Waals surface area contributed by atoms with Gasteiger partial charge in [0.2, 0.25) is 0 Å². The number of allylic oxidation sites excluding steroid dienone is 3. The number of esters is 1. The van der Waals surface area contributed by atoms with E-state index in [0.717, 1.165) is 43.4 Å². The summed E-state index contributed by atoms with van der Waals surface area (Å²) < 4.78 is 28.5. The Morgan fingerprint density at radius 2 is 1.80 bits per heavy atom. The van der Waals surface area contributed by atoms with Crippen LogP contribution in [0, 0.1) is 52.3 Å². The van der Waals surface area contributed by atoms with E-state index in [1.165, 1.54) is 37.7 Å².